The molecular weight excluding hydrogens is 293 g/mol. The van der Waals surface area contributed by atoms with Crippen molar-refractivity contribution in [1.29, 1.82) is 0 Å². The summed E-state index contributed by atoms with van der Waals surface area (Å²) in [7, 11) is 1.38. The Labute approximate surface area is 125 Å². The predicted molar refractivity (Wildman–Crippen MR) is 79.7 cm³/mol. The number of halogens is 2. The molecule has 3 rings (SSSR count). The lowest BCUT2D eigenvalue weighted by Crippen LogP contribution is -2.01. The summed E-state index contributed by atoms with van der Waals surface area (Å²) in [5.41, 5.74) is 1.41. The van der Waals surface area contributed by atoms with Crippen LogP contribution in [0.25, 0.3) is 10.9 Å². The Bertz CT molecular complexity index is 841. The van der Waals surface area contributed by atoms with Crippen LogP contribution in [0.1, 0.15) is 15.9 Å². The van der Waals surface area contributed by atoms with Gasteiger partial charge < -0.3 is 9.72 Å². The van der Waals surface area contributed by atoms with Gasteiger partial charge in [0.1, 0.15) is 0 Å². The number of fused-ring (bicyclic) bond motifs is 1. The molecule has 0 saturated carbocycles. The quantitative estimate of drug-likeness (QED) is 0.737. The molecule has 3 aromatic rings. The van der Waals surface area contributed by atoms with Crippen molar-refractivity contribution in [3.05, 3.63) is 64.6 Å². The van der Waals surface area contributed by atoms with E-state index in [0.29, 0.717) is 21.5 Å². The molecule has 1 aromatic heterocycles. The van der Waals surface area contributed by atoms with E-state index in [2.05, 4.69) is 4.98 Å². The number of H-pyrrole nitrogens is 1. The second kappa shape index (κ2) is 5.22. The fourth-order valence-corrected chi connectivity index (χ4v) is 2.50. The molecule has 1 heterocycles. The Morgan fingerprint density at radius 1 is 1.29 bits per heavy atom. The van der Waals surface area contributed by atoms with Gasteiger partial charge in [-0.3, -0.25) is 4.79 Å². The second-order valence-electron chi connectivity index (χ2n) is 4.54. The zero-order valence-electron chi connectivity index (χ0n) is 11.1. The van der Waals surface area contributed by atoms with Gasteiger partial charge in [-0.2, -0.15) is 0 Å². The van der Waals surface area contributed by atoms with Gasteiger partial charge in [-0.15, -0.1) is 0 Å². The summed E-state index contributed by atoms with van der Waals surface area (Å²) < 4.78 is 18.6. The predicted octanol–water partition coefficient (Wildman–Crippen LogP) is 4.20. The fraction of sp³-hybridized carbons (Fsp3) is 0.0625. The van der Waals surface area contributed by atoms with Gasteiger partial charge in [0.25, 0.3) is 0 Å². The number of ether oxygens (including phenoxy) is 1. The number of aromatic amines is 1. The average Bonchev–Trinajstić information content (AvgIpc) is 2.92. The van der Waals surface area contributed by atoms with Gasteiger partial charge in [-0.1, -0.05) is 23.7 Å². The Morgan fingerprint density at radius 2 is 2.10 bits per heavy atom. The molecule has 3 nitrogen and oxygen atoms in total. The molecule has 0 aliphatic heterocycles. The normalized spacial score (nSPS) is 10.8. The first-order valence-electron chi connectivity index (χ1n) is 6.25. The van der Waals surface area contributed by atoms with Crippen LogP contribution < -0.4 is 4.74 Å². The van der Waals surface area contributed by atoms with E-state index in [9.17, 15) is 9.18 Å². The van der Waals surface area contributed by atoms with Crippen LogP contribution in [0.15, 0.2) is 42.6 Å². The number of methoxy groups -OCH3 is 1. The van der Waals surface area contributed by atoms with Crippen LogP contribution in [-0.4, -0.2) is 17.9 Å². The van der Waals surface area contributed by atoms with Crippen LogP contribution >= 0.6 is 11.6 Å². The van der Waals surface area contributed by atoms with E-state index in [1.165, 1.54) is 25.3 Å². The third kappa shape index (κ3) is 2.28. The van der Waals surface area contributed by atoms with E-state index >= 15 is 0 Å². The molecule has 0 aliphatic carbocycles. The van der Waals surface area contributed by atoms with Gasteiger partial charge in [0.2, 0.25) is 0 Å². The fourth-order valence-electron chi connectivity index (χ4n) is 2.27. The summed E-state index contributed by atoms with van der Waals surface area (Å²) in [6.07, 6.45) is 1.58. The summed E-state index contributed by atoms with van der Waals surface area (Å²) in [5, 5.41) is 1.25. The summed E-state index contributed by atoms with van der Waals surface area (Å²) >= 11 is 6.07. The number of ketones is 1. The van der Waals surface area contributed by atoms with Crippen molar-refractivity contribution in [2.24, 2.45) is 0 Å². The van der Waals surface area contributed by atoms with Crippen molar-refractivity contribution in [2.75, 3.05) is 7.11 Å². The number of rotatable bonds is 3. The Balaban J connectivity index is 2.08. The molecule has 0 aliphatic rings. The van der Waals surface area contributed by atoms with Gasteiger partial charge >= 0.3 is 0 Å². The molecule has 5 heteroatoms. The summed E-state index contributed by atoms with van der Waals surface area (Å²) in [6, 6.07) is 9.44. The molecule has 0 bridgehead atoms. The average molecular weight is 304 g/mol. The molecule has 0 radical (unpaired) electrons. The maximum atomic E-state index is 13.7. The Kier molecular flexibility index (Phi) is 3.39. The van der Waals surface area contributed by atoms with Crippen LogP contribution in [0.5, 0.6) is 5.75 Å². The summed E-state index contributed by atoms with van der Waals surface area (Å²) in [5.74, 6) is -0.736. The molecule has 0 fully saturated rings. The van der Waals surface area contributed by atoms with Gasteiger partial charge in [0, 0.05) is 22.7 Å². The van der Waals surface area contributed by atoms with Crippen LogP contribution in [0.2, 0.25) is 5.02 Å². The van der Waals surface area contributed by atoms with E-state index in [4.69, 9.17) is 16.3 Å². The van der Waals surface area contributed by atoms with E-state index in [1.54, 1.807) is 24.4 Å². The molecular formula is C16H11ClFNO2. The van der Waals surface area contributed by atoms with E-state index in [-0.39, 0.29) is 17.1 Å². The van der Waals surface area contributed by atoms with E-state index < -0.39 is 5.82 Å². The number of para-hydroxylation sites is 1. The lowest BCUT2D eigenvalue weighted by Gasteiger charge is -2.04. The SMILES string of the molecule is COc1ccc(C(=O)c2c[nH]c3c(Cl)cccc23)cc1F. The first-order valence-corrected chi connectivity index (χ1v) is 6.63. The van der Waals surface area contributed by atoms with E-state index in [1.807, 2.05) is 0 Å². The van der Waals surface area contributed by atoms with Crippen molar-refractivity contribution >= 4 is 28.3 Å². The number of nitrogens with one attached hydrogen (secondary N) is 1. The van der Waals surface area contributed by atoms with Crippen molar-refractivity contribution in [3.63, 3.8) is 0 Å². The largest absolute Gasteiger partial charge is 0.494 e. The van der Waals surface area contributed by atoms with Crippen LogP contribution in [0.3, 0.4) is 0 Å². The second-order valence-corrected chi connectivity index (χ2v) is 4.95. The lowest BCUT2D eigenvalue weighted by molar-refractivity contribution is 0.104. The molecule has 0 saturated heterocycles. The van der Waals surface area contributed by atoms with Crippen molar-refractivity contribution in [2.45, 2.75) is 0 Å². The smallest absolute Gasteiger partial charge is 0.195 e. The molecule has 0 amide bonds. The lowest BCUT2D eigenvalue weighted by atomic mass is 10.0. The maximum absolute atomic E-state index is 13.7. The Morgan fingerprint density at radius 3 is 2.81 bits per heavy atom. The van der Waals surface area contributed by atoms with Crippen molar-refractivity contribution < 1.29 is 13.9 Å². The first-order chi connectivity index (χ1) is 10.1. The standard InChI is InChI=1S/C16H11ClFNO2/c1-21-14-6-5-9(7-13(14)18)16(20)11-8-19-15-10(11)3-2-4-12(15)17/h2-8,19H,1H3. The molecule has 21 heavy (non-hydrogen) atoms. The van der Waals surface area contributed by atoms with Gasteiger partial charge in [-0.05, 0) is 24.3 Å². The number of hydrogen-bond donors (Lipinski definition) is 1. The van der Waals surface area contributed by atoms with Gasteiger partial charge in [0.05, 0.1) is 17.6 Å². The highest BCUT2D eigenvalue weighted by Crippen LogP contribution is 2.27. The van der Waals surface area contributed by atoms with Crippen LogP contribution in [0, 0.1) is 5.82 Å². The van der Waals surface area contributed by atoms with Gasteiger partial charge in [-0.25, -0.2) is 4.39 Å². The van der Waals surface area contributed by atoms with Crippen LogP contribution in [-0.2, 0) is 0 Å². The molecule has 0 atom stereocenters. The maximum Gasteiger partial charge on any atom is 0.195 e. The number of carbonyl (C=O) groups excluding carboxylic acids is 1. The van der Waals surface area contributed by atoms with Crippen molar-refractivity contribution in [3.8, 4) is 5.75 Å². The molecule has 1 N–H and O–H groups in total. The topological polar surface area (TPSA) is 42.1 Å². The number of aromatic nitrogens is 1. The highest BCUT2D eigenvalue weighted by molar-refractivity contribution is 6.35. The number of hydrogen-bond acceptors (Lipinski definition) is 2. The zero-order valence-corrected chi connectivity index (χ0v) is 11.9. The third-order valence-corrected chi connectivity index (χ3v) is 3.64. The summed E-state index contributed by atoms with van der Waals surface area (Å²) in [4.78, 5) is 15.5. The van der Waals surface area contributed by atoms with Crippen molar-refractivity contribution in [1.82, 2.24) is 4.98 Å². The molecule has 0 unspecified atom stereocenters. The van der Waals surface area contributed by atoms with E-state index in [0.717, 1.165) is 0 Å². The number of benzene rings is 2. The highest BCUT2D eigenvalue weighted by Gasteiger charge is 2.16. The monoisotopic (exact) mass is 303 g/mol. The molecule has 106 valence electrons. The molecule has 2 aromatic carbocycles. The zero-order chi connectivity index (χ0) is 15.0. The van der Waals surface area contributed by atoms with Crippen LogP contribution in [0.4, 0.5) is 4.39 Å². The van der Waals surface area contributed by atoms with Gasteiger partial charge in [0.15, 0.2) is 17.3 Å². The first kappa shape index (κ1) is 13.6. The third-order valence-electron chi connectivity index (χ3n) is 3.32. The minimum absolute atomic E-state index is 0.105. The minimum atomic E-state index is -0.568. The number of carbonyl (C=O) groups is 1. The minimum Gasteiger partial charge on any atom is -0.494 e. The highest BCUT2D eigenvalue weighted by atomic mass is 35.5. The Hall–Kier alpha value is -2.33. The summed E-state index contributed by atoms with van der Waals surface area (Å²) in [6.45, 7) is 0. The molecule has 0 spiro atoms.